The van der Waals surface area contributed by atoms with Crippen molar-refractivity contribution in [2.75, 3.05) is 45.9 Å². The Morgan fingerprint density at radius 1 is 1.24 bits per heavy atom. The van der Waals surface area contributed by atoms with Crippen molar-refractivity contribution in [3.63, 3.8) is 0 Å². The van der Waals surface area contributed by atoms with Crippen LogP contribution >= 0.6 is 0 Å². The van der Waals surface area contributed by atoms with Crippen molar-refractivity contribution in [2.24, 2.45) is 10.9 Å². The van der Waals surface area contributed by atoms with Gasteiger partial charge in [0.25, 0.3) is 0 Å². The van der Waals surface area contributed by atoms with E-state index in [1.807, 2.05) is 12.1 Å². The molecule has 1 unspecified atom stereocenters. The van der Waals surface area contributed by atoms with E-state index in [2.05, 4.69) is 48.4 Å². The summed E-state index contributed by atoms with van der Waals surface area (Å²) < 4.78 is 5.76. The molecule has 25 heavy (non-hydrogen) atoms. The van der Waals surface area contributed by atoms with Gasteiger partial charge in [0.05, 0.1) is 6.54 Å². The van der Waals surface area contributed by atoms with Crippen molar-refractivity contribution in [1.82, 2.24) is 15.5 Å². The van der Waals surface area contributed by atoms with Crippen LogP contribution in [0.3, 0.4) is 0 Å². The van der Waals surface area contributed by atoms with E-state index < -0.39 is 0 Å². The van der Waals surface area contributed by atoms with Crippen molar-refractivity contribution < 1.29 is 4.74 Å². The monoisotopic (exact) mass is 346 g/mol. The summed E-state index contributed by atoms with van der Waals surface area (Å²) in [7, 11) is 0. The highest BCUT2D eigenvalue weighted by Gasteiger charge is 2.21. The van der Waals surface area contributed by atoms with E-state index in [4.69, 9.17) is 9.73 Å². The molecule has 2 N–H and O–H groups in total. The number of guanidine groups is 1. The fourth-order valence-electron chi connectivity index (χ4n) is 3.12. The third-order valence-electron chi connectivity index (χ3n) is 4.45. The average molecular weight is 347 g/mol. The molecule has 2 rings (SSSR count). The number of rotatable bonds is 9. The summed E-state index contributed by atoms with van der Waals surface area (Å²) in [6, 6.07) is 8.16. The largest absolute Gasteiger partial charge is 0.492 e. The second-order valence-corrected chi connectivity index (χ2v) is 6.76. The molecule has 1 aliphatic heterocycles. The van der Waals surface area contributed by atoms with Crippen molar-refractivity contribution in [2.45, 2.75) is 33.6 Å². The molecule has 0 amide bonds. The van der Waals surface area contributed by atoms with Gasteiger partial charge in [-0.25, -0.2) is 0 Å². The van der Waals surface area contributed by atoms with Crippen LogP contribution in [0.4, 0.5) is 0 Å². The zero-order valence-electron chi connectivity index (χ0n) is 16.1. The fraction of sp³-hybridized carbons (Fsp3) is 0.650. The third kappa shape index (κ3) is 7.34. The maximum atomic E-state index is 5.76. The van der Waals surface area contributed by atoms with E-state index in [0.29, 0.717) is 12.5 Å². The first-order chi connectivity index (χ1) is 12.2. The average Bonchev–Trinajstić information content (AvgIpc) is 3.06. The number of aliphatic imine (C=N–C) groups is 1. The minimum atomic E-state index is 0.626. The van der Waals surface area contributed by atoms with Crippen molar-refractivity contribution >= 4 is 5.96 Å². The number of hydrogen-bond acceptors (Lipinski definition) is 3. The first kappa shape index (κ1) is 19.6. The van der Waals surface area contributed by atoms with Crippen LogP contribution in [-0.4, -0.2) is 56.7 Å². The van der Waals surface area contributed by atoms with Crippen molar-refractivity contribution in [1.29, 1.82) is 0 Å². The van der Waals surface area contributed by atoms with Gasteiger partial charge < -0.3 is 20.3 Å². The summed E-state index contributed by atoms with van der Waals surface area (Å²) in [6.07, 6.45) is 2.50. The topological polar surface area (TPSA) is 48.9 Å². The molecule has 1 aliphatic rings. The normalized spacial score (nSPS) is 18.4. The van der Waals surface area contributed by atoms with E-state index in [1.54, 1.807) is 0 Å². The lowest BCUT2D eigenvalue weighted by Crippen LogP contribution is -2.39. The molecule has 5 heteroatoms. The molecule has 1 fully saturated rings. The Kier molecular flexibility index (Phi) is 8.60. The van der Waals surface area contributed by atoms with Crippen LogP contribution in [0.1, 0.15) is 32.3 Å². The zero-order chi connectivity index (χ0) is 17.9. The fourth-order valence-corrected chi connectivity index (χ4v) is 3.12. The SMILES string of the molecule is CCCN1CCC(CN=C(NCC)NCCOc2ccc(C)cc2)C1. The van der Waals surface area contributed by atoms with Gasteiger partial charge in [-0.1, -0.05) is 24.6 Å². The maximum Gasteiger partial charge on any atom is 0.191 e. The quantitative estimate of drug-likeness (QED) is 0.410. The molecule has 1 saturated heterocycles. The van der Waals surface area contributed by atoms with Gasteiger partial charge in [-0.2, -0.15) is 0 Å². The lowest BCUT2D eigenvalue weighted by molar-refractivity contribution is 0.321. The Bertz CT molecular complexity index is 515. The molecule has 5 nitrogen and oxygen atoms in total. The Labute approximate surface area is 152 Å². The van der Waals surface area contributed by atoms with Crippen LogP contribution in [0, 0.1) is 12.8 Å². The molecular weight excluding hydrogens is 312 g/mol. The Morgan fingerprint density at radius 2 is 2.04 bits per heavy atom. The molecule has 0 saturated carbocycles. The highest BCUT2D eigenvalue weighted by Crippen LogP contribution is 2.16. The third-order valence-corrected chi connectivity index (χ3v) is 4.45. The first-order valence-corrected chi connectivity index (χ1v) is 9.65. The minimum absolute atomic E-state index is 0.626. The number of ether oxygens (including phenoxy) is 1. The van der Waals surface area contributed by atoms with Gasteiger partial charge in [-0.3, -0.25) is 4.99 Å². The number of likely N-dealkylation sites (tertiary alicyclic amines) is 1. The lowest BCUT2D eigenvalue weighted by atomic mass is 10.1. The Hall–Kier alpha value is -1.75. The van der Waals surface area contributed by atoms with Crippen LogP contribution in [0.5, 0.6) is 5.75 Å². The number of nitrogens with one attached hydrogen (secondary N) is 2. The van der Waals surface area contributed by atoms with Crippen molar-refractivity contribution in [3.05, 3.63) is 29.8 Å². The van der Waals surface area contributed by atoms with Gasteiger partial charge >= 0.3 is 0 Å². The molecule has 0 radical (unpaired) electrons. The van der Waals surface area contributed by atoms with E-state index in [0.717, 1.165) is 31.3 Å². The summed E-state index contributed by atoms with van der Waals surface area (Å²) in [6.45, 7) is 13.2. The minimum Gasteiger partial charge on any atom is -0.492 e. The number of hydrogen-bond donors (Lipinski definition) is 2. The van der Waals surface area contributed by atoms with Crippen LogP contribution in [-0.2, 0) is 0 Å². The van der Waals surface area contributed by atoms with Crippen LogP contribution in [0.15, 0.2) is 29.3 Å². The second-order valence-electron chi connectivity index (χ2n) is 6.76. The summed E-state index contributed by atoms with van der Waals surface area (Å²) in [5.74, 6) is 2.49. The molecule has 140 valence electrons. The molecule has 0 bridgehead atoms. The molecule has 1 aromatic rings. The van der Waals surface area contributed by atoms with Gasteiger partial charge in [-0.15, -0.1) is 0 Å². The van der Waals surface area contributed by atoms with E-state index in [1.165, 1.54) is 38.0 Å². The van der Waals surface area contributed by atoms with Crippen LogP contribution in [0.2, 0.25) is 0 Å². The lowest BCUT2D eigenvalue weighted by Gasteiger charge is -2.15. The number of nitrogens with zero attached hydrogens (tertiary/aromatic N) is 2. The first-order valence-electron chi connectivity index (χ1n) is 9.65. The maximum absolute atomic E-state index is 5.76. The predicted molar refractivity (Wildman–Crippen MR) is 105 cm³/mol. The van der Waals surface area contributed by atoms with Crippen LogP contribution in [0.25, 0.3) is 0 Å². The molecule has 1 heterocycles. The molecule has 1 atom stereocenters. The van der Waals surface area contributed by atoms with Crippen LogP contribution < -0.4 is 15.4 Å². The van der Waals surface area contributed by atoms with E-state index in [-0.39, 0.29) is 0 Å². The Morgan fingerprint density at radius 3 is 2.76 bits per heavy atom. The summed E-state index contributed by atoms with van der Waals surface area (Å²) >= 11 is 0. The molecular formula is C20H34N4O. The number of benzene rings is 1. The molecule has 0 aliphatic carbocycles. The molecule has 0 aromatic heterocycles. The van der Waals surface area contributed by atoms with E-state index in [9.17, 15) is 0 Å². The highest BCUT2D eigenvalue weighted by molar-refractivity contribution is 5.79. The van der Waals surface area contributed by atoms with Gasteiger partial charge in [0.1, 0.15) is 12.4 Å². The van der Waals surface area contributed by atoms with Crippen molar-refractivity contribution in [3.8, 4) is 5.75 Å². The van der Waals surface area contributed by atoms with Gasteiger partial charge in [0.2, 0.25) is 0 Å². The molecule has 1 aromatic carbocycles. The Balaban J connectivity index is 1.69. The predicted octanol–water partition coefficient (Wildman–Crippen LogP) is 2.66. The smallest absolute Gasteiger partial charge is 0.191 e. The number of aryl methyl sites for hydroxylation is 1. The van der Waals surface area contributed by atoms with Gasteiger partial charge in [0, 0.05) is 19.6 Å². The standard InChI is InChI=1S/C20H34N4O/c1-4-12-24-13-10-18(16-24)15-23-20(21-5-2)22-11-14-25-19-8-6-17(3)7-9-19/h6-9,18H,4-5,10-16H2,1-3H3,(H2,21,22,23). The second kappa shape index (κ2) is 11.0. The molecule has 0 spiro atoms. The van der Waals surface area contributed by atoms with Gasteiger partial charge in [0.15, 0.2) is 5.96 Å². The summed E-state index contributed by atoms with van der Waals surface area (Å²) in [4.78, 5) is 7.31. The summed E-state index contributed by atoms with van der Waals surface area (Å²) in [5, 5.41) is 6.68. The van der Waals surface area contributed by atoms with Gasteiger partial charge in [-0.05, 0) is 57.8 Å². The van der Waals surface area contributed by atoms with E-state index >= 15 is 0 Å². The zero-order valence-corrected chi connectivity index (χ0v) is 16.1. The highest BCUT2D eigenvalue weighted by atomic mass is 16.5. The summed E-state index contributed by atoms with van der Waals surface area (Å²) in [5.41, 5.74) is 1.25.